The fourth-order valence-electron chi connectivity index (χ4n) is 4.30. The topological polar surface area (TPSA) is 85.0 Å². The lowest BCUT2D eigenvalue weighted by Crippen LogP contribution is -2.41. The van der Waals surface area contributed by atoms with Crippen LogP contribution in [0.5, 0.6) is 11.5 Å². The Kier molecular flexibility index (Phi) is 7.49. The van der Waals surface area contributed by atoms with E-state index in [1.807, 2.05) is 66.7 Å². The second-order valence-electron chi connectivity index (χ2n) is 8.81. The van der Waals surface area contributed by atoms with Crippen LogP contribution in [0.4, 0.5) is 17.2 Å². The molecule has 4 aromatic rings. The first-order valence-electron chi connectivity index (χ1n) is 12.2. The largest absolute Gasteiger partial charge is 0.497 e. The molecule has 1 aromatic heterocycles. The maximum absolute atomic E-state index is 12.4. The van der Waals surface area contributed by atoms with E-state index in [1.54, 1.807) is 14.2 Å². The van der Waals surface area contributed by atoms with Crippen LogP contribution in [0.25, 0.3) is 22.0 Å². The number of benzene rings is 3. The number of aromatic nitrogens is 1. The zero-order valence-corrected chi connectivity index (χ0v) is 21.0. The van der Waals surface area contributed by atoms with Crippen molar-refractivity contribution in [1.29, 1.82) is 0 Å². The number of fused-ring (bicyclic) bond motifs is 1. The number of morpholine rings is 1. The molecule has 0 aliphatic carbocycles. The Labute approximate surface area is 216 Å². The SMILES string of the molecule is COc1ccc(-c2cc3ccc(OC)cc3nc2Nc2ccc(NC(=O)CN3CCOCC3)cc2)cc1. The quantitative estimate of drug-likeness (QED) is 0.356. The molecule has 0 atom stereocenters. The monoisotopic (exact) mass is 498 g/mol. The van der Waals surface area contributed by atoms with E-state index in [4.69, 9.17) is 19.2 Å². The summed E-state index contributed by atoms with van der Waals surface area (Å²) in [6.45, 7) is 3.25. The summed E-state index contributed by atoms with van der Waals surface area (Å²) < 4.78 is 16.1. The molecule has 3 aromatic carbocycles. The van der Waals surface area contributed by atoms with Gasteiger partial charge < -0.3 is 24.8 Å². The van der Waals surface area contributed by atoms with E-state index in [-0.39, 0.29) is 5.91 Å². The van der Waals surface area contributed by atoms with Crippen molar-refractivity contribution in [1.82, 2.24) is 9.88 Å². The summed E-state index contributed by atoms with van der Waals surface area (Å²) in [7, 11) is 3.30. The Balaban J connectivity index is 1.38. The maximum Gasteiger partial charge on any atom is 0.238 e. The predicted molar refractivity (Wildman–Crippen MR) is 146 cm³/mol. The van der Waals surface area contributed by atoms with Gasteiger partial charge in [-0.05, 0) is 60.2 Å². The number of pyridine rings is 1. The van der Waals surface area contributed by atoms with E-state index in [2.05, 4.69) is 21.6 Å². The minimum atomic E-state index is -0.0328. The molecular weight excluding hydrogens is 468 g/mol. The van der Waals surface area contributed by atoms with Gasteiger partial charge in [0.1, 0.15) is 17.3 Å². The average Bonchev–Trinajstić information content (AvgIpc) is 2.94. The van der Waals surface area contributed by atoms with Crippen LogP contribution in [0.2, 0.25) is 0 Å². The fourth-order valence-corrected chi connectivity index (χ4v) is 4.30. The summed E-state index contributed by atoms with van der Waals surface area (Å²) in [6.07, 6.45) is 0. The van der Waals surface area contributed by atoms with E-state index in [0.717, 1.165) is 63.8 Å². The van der Waals surface area contributed by atoms with E-state index in [9.17, 15) is 4.79 Å². The highest BCUT2D eigenvalue weighted by molar-refractivity contribution is 5.93. The predicted octanol–water partition coefficient (Wildman–Crippen LogP) is 4.93. The Morgan fingerprint density at radius 3 is 2.27 bits per heavy atom. The molecular formula is C29H30N4O4. The zero-order chi connectivity index (χ0) is 25.6. The fraction of sp³-hybridized carbons (Fsp3) is 0.241. The van der Waals surface area contributed by atoms with E-state index in [1.165, 1.54) is 0 Å². The third-order valence-corrected chi connectivity index (χ3v) is 6.33. The van der Waals surface area contributed by atoms with Gasteiger partial charge in [-0.2, -0.15) is 0 Å². The lowest BCUT2D eigenvalue weighted by molar-refractivity contribution is -0.118. The Morgan fingerprint density at radius 1 is 0.892 bits per heavy atom. The van der Waals surface area contributed by atoms with Crippen LogP contribution < -0.4 is 20.1 Å². The summed E-state index contributed by atoms with van der Waals surface area (Å²) in [4.78, 5) is 19.5. The maximum atomic E-state index is 12.4. The lowest BCUT2D eigenvalue weighted by Gasteiger charge is -2.25. The minimum absolute atomic E-state index is 0.0328. The van der Waals surface area contributed by atoms with Crippen molar-refractivity contribution in [2.75, 3.05) is 57.7 Å². The standard InChI is InChI=1S/C29H30N4O4/c1-35-24-10-3-20(4-11-24)26-17-21-5-12-25(36-2)18-27(21)32-29(26)31-23-8-6-22(7-9-23)30-28(34)19-33-13-15-37-16-14-33/h3-12,17-18H,13-16,19H2,1-2H3,(H,30,34)(H,31,32). The zero-order valence-electron chi connectivity index (χ0n) is 21.0. The van der Waals surface area contributed by atoms with Crippen LogP contribution in [-0.2, 0) is 9.53 Å². The van der Waals surface area contributed by atoms with Crippen molar-refractivity contribution in [3.8, 4) is 22.6 Å². The smallest absolute Gasteiger partial charge is 0.238 e. The number of rotatable bonds is 8. The normalized spacial score (nSPS) is 13.8. The molecule has 37 heavy (non-hydrogen) atoms. The highest BCUT2D eigenvalue weighted by Gasteiger charge is 2.15. The third-order valence-electron chi connectivity index (χ3n) is 6.33. The van der Waals surface area contributed by atoms with Crippen LogP contribution in [0.3, 0.4) is 0 Å². The first-order chi connectivity index (χ1) is 18.1. The highest BCUT2D eigenvalue weighted by Crippen LogP contribution is 2.34. The molecule has 0 bridgehead atoms. The number of nitrogens with zero attached hydrogens (tertiary/aromatic N) is 2. The second-order valence-corrected chi connectivity index (χ2v) is 8.81. The van der Waals surface area contributed by atoms with Gasteiger partial charge in [0.2, 0.25) is 5.91 Å². The van der Waals surface area contributed by atoms with Crippen molar-refractivity contribution in [2.24, 2.45) is 0 Å². The Morgan fingerprint density at radius 2 is 1.57 bits per heavy atom. The molecule has 1 fully saturated rings. The van der Waals surface area contributed by atoms with Crippen molar-refractivity contribution < 1.29 is 19.0 Å². The molecule has 8 heteroatoms. The molecule has 1 aliphatic rings. The molecule has 2 heterocycles. The molecule has 1 aliphatic heterocycles. The van der Waals surface area contributed by atoms with Gasteiger partial charge in [0.15, 0.2) is 0 Å². The average molecular weight is 499 g/mol. The molecule has 2 N–H and O–H groups in total. The van der Waals surface area contributed by atoms with Gasteiger partial charge in [-0.15, -0.1) is 0 Å². The first-order valence-corrected chi connectivity index (χ1v) is 12.2. The van der Waals surface area contributed by atoms with E-state index >= 15 is 0 Å². The third kappa shape index (κ3) is 5.99. The lowest BCUT2D eigenvalue weighted by atomic mass is 10.0. The van der Waals surface area contributed by atoms with Crippen molar-refractivity contribution in [3.05, 3.63) is 72.8 Å². The van der Waals surface area contributed by atoms with Crippen LogP contribution in [-0.4, -0.2) is 62.9 Å². The van der Waals surface area contributed by atoms with Crippen molar-refractivity contribution >= 4 is 34.0 Å². The number of carbonyl (C=O) groups excluding carboxylic acids is 1. The summed E-state index contributed by atoms with van der Waals surface area (Å²) in [6, 6.07) is 23.5. The number of hydrogen-bond donors (Lipinski definition) is 2. The molecule has 190 valence electrons. The molecule has 0 radical (unpaired) electrons. The number of hydrogen-bond acceptors (Lipinski definition) is 7. The molecule has 8 nitrogen and oxygen atoms in total. The number of methoxy groups -OCH3 is 2. The molecule has 0 saturated carbocycles. The summed E-state index contributed by atoms with van der Waals surface area (Å²) in [5.74, 6) is 2.23. The van der Waals surface area contributed by atoms with Crippen LogP contribution in [0.15, 0.2) is 72.8 Å². The number of amides is 1. The van der Waals surface area contributed by atoms with Gasteiger partial charge in [0.25, 0.3) is 0 Å². The number of carbonyl (C=O) groups is 1. The summed E-state index contributed by atoms with van der Waals surface area (Å²) in [5.41, 5.74) is 4.40. The number of anilines is 3. The van der Waals surface area contributed by atoms with Gasteiger partial charge >= 0.3 is 0 Å². The number of nitrogens with one attached hydrogen (secondary N) is 2. The van der Waals surface area contributed by atoms with E-state index in [0.29, 0.717) is 19.8 Å². The van der Waals surface area contributed by atoms with Gasteiger partial charge in [-0.1, -0.05) is 12.1 Å². The van der Waals surface area contributed by atoms with Crippen LogP contribution in [0, 0.1) is 0 Å². The Hall–Kier alpha value is -4.14. The molecule has 1 amide bonds. The number of ether oxygens (including phenoxy) is 3. The molecule has 0 unspecified atom stereocenters. The summed E-state index contributed by atoms with van der Waals surface area (Å²) >= 11 is 0. The molecule has 1 saturated heterocycles. The van der Waals surface area contributed by atoms with Gasteiger partial charge in [-0.3, -0.25) is 9.69 Å². The molecule has 0 spiro atoms. The van der Waals surface area contributed by atoms with Crippen molar-refractivity contribution in [2.45, 2.75) is 0 Å². The first kappa shape index (κ1) is 24.5. The van der Waals surface area contributed by atoms with Crippen LogP contribution in [0.1, 0.15) is 0 Å². The Bertz CT molecular complexity index is 1370. The minimum Gasteiger partial charge on any atom is -0.497 e. The van der Waals surface area contributed by atoms with Gasteiger partial charge in [0.05, 0.1) is 39.5 Å². The summed E-state index contributed by atoms with van der Waals surface area (Å²) in [5, 5.41) is 7.44. The van der Waals surface area contributed by atoms with Gasteiger partial charge in [-0.25, -0.2) is 4.98 Å². The molecule has 5 rings (SSSR count). The second kappa shape index (κ2) is 11.3. The van der Waals surface area contributed by atoms with Gasteiger partial charge in [0, 0.05) is 41.5 Å². The van der Waals surface area contributed by atoms with E-state index < -0.39 is 0 Å². The highest BCUT2D eigenvalue weighted by atomic mass is 16.5. The van der Waals surface area contributed by atoms with Crippen LogP contribution >= 0.6 is 0 Å². The van der Waals surface area contributed by atoms with Crippen molar-refractivity contribution in [3.63, 3.8) is 0 Å².